The van der Waals surface area contributed by atoms with Crippen LogP contribution in [0.4, 0.5) is 17.1 Å². The van der Waals surface area contributed by atoms with Crippen molar-refractivity contribution in [1.82, 2.24) is 0 Å². The van der Waals surface area contributed by atoms with Gasteiger partial charge in [-0.25, -0.2) is 0 Å². The van der Waals surface area contributed by atoms with Crippen molar-refractivity contribution < 1.29 is 13.9 Å². The SMILES string of the molecule is c1ccc(N(c2ccccc2)c2ccc3cc4c(cc3c2)oc2cc3c(cc24)Oc2cccc4c2B3c2c(ccc3ccccc23)O4)cc1. The topological polar surface area (TPSA) is 34.8 Å². The molecule has 0 N–H and O–H groups in total. The second kappa shape index (κ2) is 10.0. The molecule has 1 aromatic heterocycles. The molecule has 0 bridgehead atoms. The van der Waals surface area contributed by atoms with Gasteiger partial charge in [0.05, 0.1) is 0 Å². The molecule has 49 heavy (non-hydrogen) atoms. The summed E-state index contributed by atoms with van der Waals surface area (Å²) in [6.07, 6.45) is 0. The lowest BCUT2D eigenvalue weighted by molar-refractivity contribution is 0.465. The van der Waals surface area contributed by atoms with E-state index in [1.54, 1.807) is 0 Å². The second-order valence-electron chi connectivity index (χ2n) is 12.9. The molecule has 0 saturated carbocycles. The van der Waals surface area contributed by atoms with E-state index in [-0.39, 0.29) is 6.71 Å². The van der Waals surface area contributed by atoms with Crippen molar-refractivity contribution in [3.8, 4) is 23.0 Å². The molecule has 5 heteroatoms. The lowest BCUT2D eigenvalue weighted by atomic mass is 9.34. The van der Waals surface area contributed by atoms with Crippen LogP contribution in [0.1, 0.15) is 0 Å². The van der Waals surface area contributed by atoms with Gasteiger partial charge in [-0.05, 0) is 111 Å². The predicted octanol–water partition coefficient (Wildman–Crippen LogP) is 10.1. The number of furan rings is 1. The summed E-state index contributed by atoms with van der Waals surface area (Å²) in [5.74, 6) is 3.40. The maximum atomic E-state index is 6.70. The van der Waals surface area contributed by atoms with Crippen molar-refractivity contribution >= 4 is 83.6 Å². The van der Waals surface area contributed by atoms with Crippen LogP contribution in [-0.4, -0.2) is 6.71 Å². The average molecular weight is 628 g/mol. The van der Waals surface area contributed by atoms with Gasteiger partial charge in [0.1, 0.15) is 34.2 Å². The van der Waals surface area contributed by atoms with Crippen LogP contribution in [0.15, 0.2) is 162 Å². The monoisotopic (exact) mass is 627 g/mol. The highest BCUT2D eigenvalue weighted by atomic mass is 16.5. The summed E-state index contributed by atoms with van der Waals surface area (Å²) in [6, 6.07) is 55.3. The van der Waals surface area contributed by atoms with Gasteiger partial charge in [0.2, 0.25) is 0 Å². The minimum Gasteiger partial charge on any atom is -0.458 e. The third kappa shape index (κ3) is 3.93. The van der Waals surface area contributed by atoms with Gasteiger partial charge in [-0.3, -0.25) is 0 Å². The largest absolute Gasteiger partial charge is 0.458 e. The zero-order valence-corrected chi connectivity index (χ0v) is 26.3. The van der Waals surface area contributed by atoms with Crippen molar-refractivity contribution in [3.05, 3.63) is 158 Å². The van der Waals surface area contributed by atoms with Crippen molar-refractivity contribution in [2.75, 3.05) is 4.90 Å². The van der Waals surface area contributed by atoms with Gasteiger partial charge >= 0.3 is 0 Å². The van der Waals surface area contributed by atoms with Gasteiger partial charge in [-0.1, -0.05) is 78.9 Å². The van der Waals surface area contributed by atoms with E-state index in [4.69, 9.17) is 13.9 Å². The molecular formula is C44H26BNO3. The molecule has 8 aromatic carbocycles. The standard InChI is InChI=1S/C44H26BNO3/c1-3-11-30(12-4-1)46(31-13-5-2-6-14-31)32-20-18-28-23-34-35-25-42-36(26-41(35)49-40(34)24-29(28)22-32)45-43-33-15-8-7-10-27(33)19-21-39(43)47-37-16-9-17-38(48-42)44(37)45/h1-26H. The van der Waals surface area contributed by atoms with Crippen LogP contribution in [-0.2, 0) is 0 Å². The van der Waals surface area contributed by atoms with Crippen LogP contribution in [0.5, 0.6) is 23.0 Å². The van der Waals surface area contributed by atoms with E-state index >= 15 is 0 Å². The number of ether oxygens (including phenoxy) is 2. The highest BCUT2D eigenvalue weighted by Gasteiger charge is 2.41. The first-order chi connectivity index (χ1) is 24.3. The minimum absolute atomic E-state index is 0.0500. The summed E-state index contributed by atoms with van der Waals surface area (Å²) in [6.45, 7) is -0.0500. The molecule has 0 spiro atoms. The third-order valence-corrected chi connectivity index (χ3v) is 10.1. The number of fused-ring (bicyclic) bond motifs is 10. The van der Waals surface area contributed by atoms with E-state index in [0.717, 1.165) is 89.2 Å². The molecule has 4 nitrogen and oxygen atoms in total. The van der Waals surface area contributed by atoms with Crippen molar-refractivity contribution in [1.29, 1.82) is 0 Å². The molecule has 0 fully saturated rings. The Bertz CT molecular complexity index is 2750. The first-order valence-corrected chi connectivity index (χ1v) is 16.6. The molecule has 3 heterocycles. The number of para-hydroxylation sites is 2. The van der Waals surface area contributed by atoms with Gasteiger partial charge in [-0.2, -0.15) is 0 Å². The smallest absolute Gasteiger partial charge is 0.261 e. The van der Waals surface area contributed by atoms with Crippen LogP contribution in [0, 0.1) is 0 Å². The number of hydrogen-bond acceptors (Lipinski definition) is 4. The van der Waals surface area contributed by atoms with E-state index in [1.807, 2.05) is 18.2 Å². The van der Waals surface area contributed by atoms with Gasteiger partial charge in [-0.15, -0.1) is 0 Å². The molecule has 228 valence electrons. The van der Waals surface area contributed by atoms with Gasteiger partial charge in [0, 0.05) is 33.3 Å². The molecule has 0 amide bonds. The Balaban J connectivity index is 1.10. The Morgan fingerprint density at radius 3 is 1.84 bits per heavy atom. The fourth-order valence-corrected chi connectivity index (χ4v) is 7.94. The number of nitrogens with zero attached hydrogens (tertiary/aromatic N) is 1. The fourth-order valence-electron chi connectivity index (χ4n) is 7.94. The van der Waals surface area contributed by atoms with Crippen LogP contribution in [0.25, 0.3) is 43.5 Å². The van der Waals surface area contributed by atoms with Gasteiger partial charge < -0.3 is 18.8 Å². The van der Waals surface area contributed by atoms with Crippen LogP contribution in [0.3, 0.4) is 0 Å². The Morgan fingerprint density at radius 1 is 0.388 bits per heavy atom. The molecule has 0 atom stereocenters. The third-order valence-electron chi connectivity index (χ3n) is 10.1. The number of hydrogen-bond donors (Lipinski definition) is 0. The quantitative estimate of drug-likeness (QED) is 0.183. The lowest BCUT2D eigenvalue weighted by Gasteiger charge is -2.33. The highest BCUT2D eigenvalue weighted by Crippen LogP contribution is 2.41. The Labute approximate surface area is 282 Å². The summed E-state index contributed by atoms with van der Waals surface area (Å²) in [7, 11) is 0. The number of benzene rings is 8. The lowest BCUT2D eigenvalue weighted by Crippen LogP contribution is -2.57. The van der Waals surface area contributed by atoms with Gasteiger partial charge in [0.25, 0.3) is 6.71 Å². The number of anilines is 3. The van der Waals surface area contributed by atoms with E-state index in [9.17, 15) is 0 Å². The summed E-state index contributed by atoms with van der Waals surface area (Å²) < 4.78 is 19.9. The van der Waals surface area contributed by atoms with E-state index in [2.05, 4.69) is 144 Å². The van der Waals surface area contributed by atoms with Crippen molar-refractivity contribution in [3.63, 3.8) is 0 Å². The van der Waals surface area contributed by atoms with E-state index < -0.39 is 0 Å². The van der Waals surface area contributed by atoms with Crippen molar-refractivity contribution in [2.45, 2.75) is 0 Å². The Morgan fingerprint density at radius 2 is 1.04 bits per heavy atom. The molecule has 9 aromatic rings. The molecule has 2 aliphatic rings. The maximum absolute atomic E-state index is 6.70. The van der Waals surface area contributed by atoms with Crippen LogP contribution < -0.4 is 30.8 Å². The predicted molar refractivity (Wildman–Crippen MR) is 201 cm³/mol. The first kappa shape index (κ1) is 26.6. The van der Waals surface area contributed by atoms with E-state index in [0.29, 0.717) is 0 Å². The molecule has 0 unspecified atom stereocenters. The zero-order chi connectivity index (χ0) is 32.1. The highest BCUT2D eigenvalue weighted by molar-refractivity contribution is 6.99. The Kier molecular flexibility index (Phi) is 5.44. The van der Waals surface area contributed by atoms with E-state index in [1.165, 1.54) is 10.8 Å². The molecule has 0 saturated heterocycles. The molecule has 0 radical (unpaired) electrons. The summed E-state index contributed by atoms with van der Waals surface area (Å²) in [5.41, 5.74) is 8.31. The van der Waals surface area contributed by atoms with Crippen LogP contribution in [0.2, 0.25) is 0 Å². The zero-order valence-electron chi connectivity index (χ0n) is 26.3. The minimum atomic E-state index is -0.0500. The summed E-state index contributed by atoms with van der Waals surface area (Å²) >= 11 is 0. The maximum Gasteiger partial charge on any atom is 0.261 e. The van der Waals surface area contributed by atoms with Gasteiger partial charge in [0.15, 0.2) is 0 Å². The second-order valence-corrected chi connectivity index (χ2v) is 12.9. The number of rotatable bonds is 3. The average Bonchev–Trinajstić information content (AvgIpc) is 3.49. The Hall–Kier alpha value is -6.46. The molecule has 0 aliphatic carbocycles. The molecular weight excluding hydrogens is 601 g/mol. The summed E-state index contributed by atoms with van der Waals surface area (Å²) in [5, 5.41) is 6.75. The van der Waals surface area contributed by atoms with Crippen molar-refractivity contribution in [2.24, 2.45) is 0 Å². The normalized spacial score (nSPS) is 12.8. The first-order valence-electron chi connectivity index (χ1n) is 16.6. The fraction of sp³-hybridized carbons (Fsp3) is 0. The molecule has 2 aliphatic heterocycles. The van der Waals surface area contributed by atoms with Crippen LogP contribution >= 0.6 is 0 Å². The summed E-state index contributed by atoms with van der Waals surface area (Å²) in [4.78, 5) is 2.29. The molecule has 11 rings (SSSR count).